The highest BCUT2D eigenvalue weighted by molar-refractivity contribution is 5.89. The molecule has 0 aromatic carbocycles. The second kappa shape index (κ2) is 13.1. The van der Waals surface area contributed by atoms with Crippen molar-refractivity contribution in [2.45, 2.75) is 109 Å². The van der Waals surface area contributed by atoms with Gasteiger partial charge in [0.1, 0.15) is 18.3 Å². The van der Waals surface area contributed by atoms with Crippen LogP contribution in [-0.2, 0) is 14.4 Å². The van der Waals surface area contributed by atoms with Crippen molar-refractivity contribution >= 4 is 17.6 Å². The van der Waals surface area contributed by atoms with Gasteiger partial charge in [0.15, 0.2) is 5.78 Å². The molecular weight excluding hydrogens is 458 g/mol. The van der Waals surface area contributed by atoms with Crippen LogP contribution < -0.4 is 10.6 Å². The lowest BCUT2D eigenvalue weighted by Gasteiger charge is -2.38. The van der Waals surface area contributed by atoms with Crippen LogP contribution in [0.1, 0.15) is 67.2 Å². The van der Waals surface area contributed by atoms with Crippen molar-refractivity contribution in [1.29, 1.82) is 0 Å². The van der Waals surface area contributed by atoms with E-state index in [2.05, 4.69) is 15.5 Å². The molecule has 0 bridgehead atoms. The summed E-state index contributed by atoms with van der Waals surface area (Å²) in [7, 11) is 0. The van der Waals surface area contributed by atoms with Gasteiger partial charge < -0.3 is 36.2 Å². The first-order valence-electron chi connectivity index (χ1n) is 12.2. The molecular formula is C24H45N3O8. The highest BCUT2D eigenvalue weighted by atomic mass is 16.4. The molecule has 0 spiro atoms. The van der Waals surface area contributed by atoms with Crippen LogP contribution in [0.15, 0.2) is 0 Å². The Morgan fingerprint density at radius 2 is 1.46 bits per heavy atom. The third-order valence-corrected chi connectivity index (χ3v) is 6.21. The smallest absolute Gasteiger partial charge is 0.220 e. The Bertz CT molecular complexity index is 719. The SMILES string of the molecule is CC(C)(C)C(=O)[C@@H]1C[C@@H](NC(=O)CCCC(=O)NC[C@H](O)[C@@H](O)[C@H](O)[C@H](O)CO)CN1C(C)(C)C. The number of carbonyl (C=O) groups excluding carboxylic acids is 3. The van der Waals surface area contributed by atoms with E-state index in [0.717, 1.165) is 0 Å². The minimum atomic E-state index is -1.77. The number of hydrogen-bond donors (Lipinski definition) is 7. The molecule has 0 aromatic heterocycles. The van der Waals surface area contributed by atoms with Gasteiger partial charge in [0.05, 0.1) is 18.8 Å². The van der Waals surface area contributed by atoms with Crippen LogP contribution >= 0.6 is 0 Å². The molecule has 1 heterocycles. The van der Waals surface area contributed by atoms with Crippen molar-refractivity contribution < 1.29 is 39.9 Å². The van der Waals surface area contributed by atoms with E-state index >= 15 is 0 Å². The maximum absolute atomic E-state index is 13.0. The number of aliphatic hydroxyl groups is 5. The van der Waals surface area contributed by atoms with E-state index in [0.29, 0.717) is 13.0 Å². The Morgan fingerprint density at radius 3 is 1.97 bits per heavy atom. The Morgan fingerprint density at radius 1 is 0.914 bits per heavy atom. The lowest BCUT2D eigenvalue weighted by Crippen LogP contribution is -2.50. The number of amides is 2. The normalized spacial score (nSPS) is 22.8. The Hall–Kier alpha value is -1.63. The summed E-state index contributed by atoms with van der Waals surface area (Å²) in [4.78, 5) is 39.5. The molecule has 11 nitrogen and oxygen atoms in total. The molecule has 11 heteroatoms. The van der Waals surface area contributed by atoms with Crippen LogP contribution in [0.3, 0.4) is 0 Å². The van der Waals surface area contributed by atoms with Crippen LogP contribution in [0.25, 0.3) is 0 Å². The average Bonchev–Trinajstić information content (AvgIpc) is 3.18. The van der Waals surface area contributed by atoms with Crippen molar-refractivity contribution in [3.05, 3.63) is 0 Å². The number of Topliss-reactive ketones (excluding diaryl/α,β-unsaturated/α-hetero) is 1. The van der Waals surface area contributed by atoms with E-state index in [-0.39, 0.29) is 55.1 Å². The summed E-state index contributed by atoms with van der Waals surface area (Å²) in [6.45, 7) is 11.2. The molecule has 1 saturated heterocycles. The monoisotopic (exact) mass is 503 g/mol. The highest BCUT2D eigenvalue weighted by Gasteiger charge is 2.45. The maximum Gasteiger partial charge on any atom is 0.220 e. The fraction of sp³-hybridized carbons (Fsp3) is 0.875. The van der Waals surface area contributed by atoms with E-state index in [1.54, 1.807) is 0 Å². The Balaban J connectivity index is 2.46. The first kappa shape index (κ1) is 31.4. The van der Waals surface area contributed by atoms with E-state index in [1.807, 2.05) is 41.5 Å². The predicted octanol–water partition coefficient (Wildman–Crippen LogP) is -1.32. The van der Waals surface area contributed by atoms with Gasteiger partial charge in [-0.15, -0.1) is 0 Å². The van der Waals surface area contributed by atoms with Gasteiger partial charge in [-0.05, 0) is 33.6 Å². The van der Waals surface area contributed by atoms with Gasteiger partial charge in [0, 0.05) is 42.9 Å². The summed E-state index contributed by atoms with van der Waals surface area (Å²) in [5.41, 5.74) is -0.714. The molecule has 0 aliphatic carbocycles. The summed E-state index contributed by atoms with van der Waals surface area (Å²) < 4.78 is 0. The standard InChI is InChI=1S/C24H45N3O8/c1-23(2,3)22(35)15-10-14(12-27(15)24(4,5)6)26-19(32)9-7-8-18(31)25-11-16(29)20(33)21(34)17(30)13-28/h14-17,20-21,28-30,33-34H,7-13H2,1-6H3,(H,25,31)(H,26,32)/t14-,15+,16+,17-,20-,21-/m1/s1. The second-order valence-corrected chi connectivity index (χ2v) is 11.4. The number of hydrogen-bond acceptors (Lipinski definition) is 9. The Kier molecular flexibility index (Phi) is 11.7. The third-order valence-electron chi connectivity index (χ3n) is 6.21. The van der Waals surface area contributed by atoms with Gasteiger partial charge in [0.25, 0.3) is 0 Å². The number of likely N-dealkylation sites (tertiary alicyclic amines) is 1. The van der Waals surface area contributed by atoms with E-state index in [9.17, 15) is 34.8 Å². The van der Waals surface area contributed by atoms with Crippen molar-refractivity contribution in [2.75, 3.05) is 19.7 Å². The van der Waals surface area contributed by atoms with Crippen LogP contribution in [0.4, 0.5) is 0 Å². The number of aliphatic hydroxyl groups excluding tert-OH is 5. The number of nitrogens with one attached hydrogen (secondary N) is 2. The summed E-state index contributed by atoms with van der Waals surface area (Å²) in [6, 6.07) is -0.436. The molecule has 1 aliphatic rings. The lowest BCUT2D eigenvalue weighted by molar-refractivity contribution is -0.132. The minimum absolute atomic E-state index is 0.0158. The van der Waals surface area contributed by atoms with Gasteiger partial charge >= 0.3 is 0 Å². The van der Waals surface area contributed by atoms with Gasteiger partial charge in [-0.25, -0.2) is 0 Å². The first-order valence-corrected chi connectivity index (χ1v) is 12.2. The zero-order valence-corrected chi connectivity index (χ0v) is 21.8. The molecule has 1 fully saturated rings. The van der Waals surface area contributed by atoms with E-state index in [4.69, 9.17) is 5.11 Å². The maximum atomic E-state index is 13.0. The average molecular weight is 504 g/mol. The quantitative estimate of drug-likeness (QED) is 0.170. The molecule has 0 saturated carbocycles. The van der Waals surface area contributed by atoms with Crippen molar-refractivity contribution in [3.8, 4) is 0 Å². The largest absolute Gasteiger partial charge is 0.394 e. The van der Waals surface area contributed by atoms with Crippen molar-refractivity contribution in [3.63, 3.8) is 0 Å². The molecule has 7 N–H and O–H groups in total. The zero-order valence-electron chi connectivity index (χ0n) is 21.8. The van der Waals surface area contributed by atoms with Gasteiger partial charge in [-0.2, -0.15) is 0 Å². The molecule has 0 aromatic rings. The molecule has 1 rings (SSSR count). The molecule has 204 valence electrons. The van der Waals surface area contributed by atoms with Crippen LogP contribution in [0.5, 0.6) is 0 Å². The fourth-order valence-corrected chi connectivity index (χ4v) is 4.13. The van der Waals surface area contributed by atoms with E-state index in [1.165, 1.54) is 0 Å². The fourth-order valence-electron chi connectivity index (χ4n) is 4.13. The summed E-state index contributed by atoms with van der Waals surface area (Å²) in [5.74, 6) is -0.513. The predicted molar refractivity (Wildman–Crippen MR) is 129 cm³/mol. The highest BCUT2D eigenvalue weighted by Crippen LogP contribution is 2.32. The molecule has 2 amide bonds. The van der Waals surface area contributed by atoms with Gasteiger partial charge in [-0.3, -0.25) is 19.3 Å². The molecule has 35 heavy (non-hydrogen) atoms. The number of carbonyl (C=O) groups is 3. The zero-order chi connectivity index (χ0) is 27.1. The van der Waals surface area contributed by atoms with Crippen LogP contribution in [0, 0.1) is 5.41 Å². The summed E-state index contributed by atoms with van der Waals surface area (Å²) in [6.07, 6.45) is -5.75. The van der Waals surface area contributed by atoms with Gasteiger partial charge in [-0.1, -0.05) is 20.8 Å². The van der Waals surface area contributed by atoms with Crippen LogP contribution in [0.2, 0.25) is 0 Å². The second-order valence-electron chi connectivity index (χ2n) is 11.4. The Labute approximate surface area is 207 Å². The van der Waals surface area contributed by atoms with Crippen molar-refractivity contribution in [2.24, 2.45) is 5.41 Å². The van der Waals surface area contributed by atoms with Gasteiger partial charge in [0.2, 0.25) is 11.8 Å². The minimum Gasteiger partial charge on any atom is -0.394 e. The third kappa shape index (κ3) is 9.74. The molecule has 1 aliphatic heterocycles. The van der Waals surface area contributed by atoms with E-state index < -0.39 is 42.3 Å². The summed E-state index contributed by atoms with van der Waals surface area (Å²) in [5, 5.41) is 52.6. The summed E-state index contributed by atoms with van der Waals surface area (Å²) >= 11 is 0. The molecule has 0 unspecified atom stereocenters. The number of rotatable bonds is 12. The molecule has 0 radical (unpaired) electrons. The number of nitrogens with zero attached hydrogens (tertiary/aromatic N) is 1. The lowest BCUT2D eigenvalue weighted by atomic mass is 9.84. The topological polar surface area (TPSA) is 180 Å². The number of ketones is 1. The van der Waals surface area contributed by atoms with Crippen molar-refractivity contribution in [1.82, 2.24) is 15.5 Å². The van der Waals surface area contributed by atoms with Crippen LogP contribution in [-0.4, -0.2) is 110 Å². The molecule has 6 atom stereocenters. The first-order chi connectivity index (χ1) is 16.0.